The molecule has 0 N–H and O–H groups in total. The van der Waals surface area contributed by atoms with Crippen LogP contribution in [0, 0.1) is 0 Å². The van der Waals surface area contributed by atoms with Gasteiger partial charge in [0.25, 0.3) is 0 Å². The van der Waals surface area contributed by atoms with Crippen LogP contribution in [0.4, 0.5) is 0 Å². The van der Waals surface area contributed by atoms with Crippen LogP contribution in [0.3, 0.4) is 0 Å². The zero-order chi connectivity index (χ0) is 37.1. The predicted octanol–water partition coefficient (Wildman–Crippen LogP) is 12.8. The van der Waals surface area contributed by atoms with E-state index in [1.165, 1.54) is 22.3 Å². The third-order valence-electron chi connectivity index (χ3n) is 11.2. The second-order valence-electron chi connectivity index (χ2n) is 14.3. The maximum absolute atomic E-state index is 7.05. The smallest absolute Gasteiger partial charge is 0.164 e. The third-order valence-corrected chi connectivity index (χ3v) is 11.2. The Morgan fingerprint density at radius 2 is 0.875 bits per heavy atom. The van der Waals surface area contributed by atoms with Crippen LogP contribution in [0.2, 0.25) is 0 Å². The lowest BCUT2D eigenvalue weighted by atomic mass is 9.67. The second kappa shape index (κ2) is 12.9. The SMILES string of the molecule is c1ccc(-c2ccc3c(c2)C(c2ccccc2)(c2ccccc2)c2cc(-c4nc(-c5ccccc5)nc(-c5ccccc5)n4)c4c(oc5ccccc54)c2-3)cc1. The largest absolute Gasteiger partial charge is 0.455 e. The van der Waals surface area contributed by atoms with Crippen LogP contribution in [0.25, 0.3) is 78.4 Å². The van der Waals surface area contributed by atoms with Gasteiger partial charge in [-0.25, -0.2) is 15.0 Å². The van der Waals surface area contributed by atoms with E-state index in [1.54, 1.807) is 0 Å². The van der Waals surface area contributed by atoms with Crippen molar-refractivity contribution in [2.24, 2.45) is 0 Å². The van der Waals surface area contributed by atoms with Crippen molar-refractivity contribution in [2.45, 2.75) is 5.41 Å². The summed E-state index contributed by atoms with van der Waals surface area (Å²) in [4.78, 5) is 15.6. The van der Waals surface area contributed by atoms with Crippen molar-refractivity contribution in [3.8, 4) is 56.4 Å². The van der Waals surface area contributed by atoms with Crippen molar-refractivity contribution in [1.82, 2.24) is 15.0 Å². The lowest BCUT2D eigenvalue weighted by Crippen LogP contribution is -2.28. The van der Waals surface area contributed by atoms with Crippen LogP contribution < -0.4 is 0 Å². The maximum Gasteiger partial charge on any atom is 0.164 e. The molecule has 4 heteroatoms. The summed E-state index contributed by atoms with van der Waals surface area (Å²) in [5.41, 5.74) is 12.9. The molecule has 0 radical (unpaired) electrons. The van der Waals surface area contributed by atoms with E-state index in [2.05, 4.69) is 158 Å². The Kier molecular flexibility index (Phi) is 7.36. The first-order chi connectivity index (χ1) is 27.8. The highest BCUT2D eigenvalue weighted by atomic mass is 16.3. The minimum absolute atomic E-state index is 0.591. The summed E-state index contributed by atoms with van der Waals surface area (Å²) in [5, 5.41) is 2.00. The lowest BCUT2D eigenvalue weighted by molar-refractivity contribution is 0.669. The summed E-state index contributed by atoms with van der Waals surface area (Å²) in [6, 6.07) is 70.3. The summed E-state index contributed by atoms with van der Waals surface area (Å²) in [6.07, 6.45) is 0. The molecule has 0 saturated carbocycles. The predicted molar refractivity (Wildman–Crippen MR) is 226 cm³/mol. The molecule has 2 heterocycles. The van der Waals surface area contributed by atoms with E-state index in [-0.39, 0.29) is 0 Å². The van der Waals surface area contributed by atoms with E-state index in [0.717, 1.165) is 60.9 Å². The average Bonchev–Trinajstić information content (AvgIpc) is 3.81. The maximum atomic E-state index is 7.05. The molecule has 1 aliphatic carbocycles. The number of benzene rings is 8. The van der Waals surface area contributed by atoms with Gasteiger partial charge in [0.15, 0.2) is 17.5 Å². The van der Waals surface area contributed by atoms with Gasteiger partial charge in [-0.05, 0) is 57.1 Å². The van der Waals surface area contributed by atoms with E-state index in [4.69, 9.17) is 19.4 Å². The van der Waals surface area contributed by atoms with Crippen molar-refractivity contribution in [3.63, 3.8) is 0 Å². The molecule has 0 unspecified atom stereocenters. The Morgan fingerprint density at radius 1 is 0.375 bits per heavy atom. The fourth-order valence-electron chi connectivity index (χ4n) is 8.76. The van der Waals surface area contributed by atoms with Gasteiger partial charge in [-0.1, -0.05) is 182 Å². The average molecular weight is 716 g/mol. The molecule has 0 amide bonds. The lowest BCUT2D eigenvalue weighted by Gasteiger charge is -2.34. The molecule has 0 aliphatic heterocycles. The third kappa shape index (κ3) is 4.89. The number of hydrogen-bond acceptors (Lipinski definition) is 4. The van der Waals surface area contributed by atoms with Crippen LogP contribution in [0.1, 0.15) is 22.3 Å². The Bertz CT molecular complexity index is 2950. The molecule has 1 aliphatic rings. The molecule has 0 fully saturated rings. The fraction of sp³-hybridized carbons (Fsp3) is 0.0192. The highest BCUT2D eigenvalue weighted by molar-refractivity contribution is 6.18. The quantitative estimate of drug-likeness (QED) is 0.172. The number of rotatable bonds is 6. The van der Waals surface area contributed by atoms with Gasteiger partial charge >= 0.3 is 0 Å². The Balaban J connectivity index is 1.31. The van der Waals surface area contributed by atoms with Crippen LogP contribution in [-0.4, -0.2) is 15.0 Å². The van der Waals surface area contributed by atoms with Crippen molar-refractivity contribution >= 4 is 21.9 Å². The Hall–Kier alpha value is -7.43. The fourth-order valence-corrected chi connectivity index (χ4v) is 8.76. The summed E-state index contributed by atoms with van der Waals surface area (Å²) >= 11 is 0. The van der Waals surface area contributed by atoms with E-state index in [9.17, 15) is 0 Å². The first-order valence-electron chi connectivity index (χ1n) is 18.9. The van der Waals surface area contributed by atoms with Crippen LogP contribution in [0.15, 0.2) is 205 Å². The molecule has 0 saturated heterocycles. The van der Waals surface area contributed by atoms with Gasteiger partial charge in [0.2, 0.25) is 0 Å². The van der Waals surface area contributed by atoms with Gasteiger partial charge < -0.3 is 4.42 Å². The minimum atomic E-state index is -0.697. The minimum Gasteiger partial charge on any atom is -0.455 e. The molecular formula is C52H33N3O. The highest BCUT2D eigenvalue weighted by Gasteiger charge is 2.48. The molecule has 11 rings (SSSR count). The number of para-hydroxylation sites is 1. The first-order valence-corrected chi connectivity index (χ1v) is 18.9. The molecule has 0 bridgehead atoms. The molecule has 8 aromatic carbocycles. The first kappa shape index (κ1) is 32.0. The van der Waals surface area contributed by atoms with Gasteiger partial charge in [-0.3, -0.25) is 0 Å². The molecule has 56 heavy (non-hydrogen) atoms. The van der Waals surface area contributed by atoms with Crippen LogP contribution in [0.5, 0.6) is 0 Å². The molecule has 0 atom stereocenters. The molecule has 262 valence electrons. The number of fused-ring (bicyclic) bond motifs is 7. The van der Waals surface area contributed by atoms with E-state index in [0.29, 0.717) is 17.5 Å². The number of furan rings is 1. The highest BCUT2D eigenvalue weighted by Crippen LogP contribution is 2.60. The number of aromatic nitrogens is 3. The number of nitrogens with zero attached hydrogens (tertiary/aromatic N) is 3. The Labute approximate surface area is 324 Å². The topological polar surface area (TPSA) is 51.8 Å². The normalized spacial score (nSPS) is 12.8. The zero-order valence-electron chi connectivity index (χ0n) is 30.3. The van der Waals surface area contributed by atoms with Gasteiger partial charge in [-0.2, -0.15) is 0 Å². The summed E-state index contributed by atoms with van der Waals surface area (Å²) < 4.78 is 7.05. The van der Waals surface area contributed by atoms with Gasteiger partial charge in [0, 0.05) is 33.0 Å². The van der Waals surface area contributed by atoms with Crippen molar-refractivity contribution < 1.29 is 4.42 Å². The number of hydrogen-bond donors (Lipinski definition) is 0. The van der Waals surface area contributed by atoms with Gasteiger partial charge in [-0.15, -0.1) is 0 Å². The van der Waals surface area contributed by atoms with Crippen molar-refractivity contribution in [1.29, 1.82) is 0 Å². The van der Waals surface area contributed by atoms with Gasteiger partial charge in [0.05, 0.1) is 5.41 Å². The summed E-state index contributed by atoms with van der Waals surface area (Å²) in [6.45, 7) is 0. The zero-order valence-corrected chi connectivity index (χ0v) is 30.3. The molecular weight excluding hydrogens is 683 g/mol. The Morgan fingerprint density at radius 3 is 1.46 bits per heavy atom. The second-order valence-corrected chi connectivity index (χ2v) is 14.3. The molecule has 4 nitrogen and oxygen atoms in total. The molecule has 2 aromatic heterocycles. The summed E-state index contributed by atoms with van der Waals surface area (Å²) in [7, 11) is 0. The van der Waals surface area contributed by atoms with Crippen LogP contribution in [-0.2, 0) is 5.41 Å². The van der Waals surface area contributed by atoms with Gasteiger partial charge in [0.1, 0.15) is 11.2 Å². The van der Waals surface area contributed by atoms with Crippen LogP contribution >= 0.6 is 0 Å². The molecule has 0 spiro atoms. The van der Waals surface area contributed by atoms with Crippen molar-refractivity contribution in [3.05, 3.63) is 222 Å². The monoisotopic (exact) mass is 715 g/mol. The molecule has 10 aromatic rings. The van der Waals surface area contributed by atoms with Crippen molar-refractivity contribution in [2.75, 3.05) is 0 Å². The van der Waals surface area contributed by atoms with E-state index >= 15 is 0 Å². The van der Waals surface area contributed by atoms with E-state index < -0.39 is 5.41 Å². The van der Waals surface area contributed by atoms with E-state index in [1.807, 2.05) is 42.5 Å². The standard InChI is InChI=1S/C52H33N3O/c1-6-18-34(19-7-1)37-30-31-40-43(32-37)52(38-24-12-4-13-25-38,39-26-14-5-15-27-39)44-33-42(46-41-28-16-17-29-45(41)56-48(46)47(40)44)51-54-49(35-20-8-2-9-21-35)53-50(55-51)36-22-10-3-11-23-36/h1-33H. The summed E-state index contributed by atoms with van der Waals surface area (Å²) in [5.74, 6) is 1.82.